The van der Waals surface area contributed by atoms with Gasteiger partial charge in [0, 0.05) is 14.3 Å². The molecule has 0 bridgehead atoms. The number of benzene rings is 3. The Hall–Kier alpha value is -2.08. The Morgan fingerprint density at radius 2 is 1.31 bits per heavy atom. The second-order valence-corrected chi connectivity index (χ2v) is 15.1. The zero-order chi connectivity index (χ0) is 29.6. The van der Waals surface area contributed by atoms with E-state index < -0.39 is 74.1 Å². The predicted octanol–water partition coefficient (Wildman–Crippen LogP) is 3.57. The predicted molar refractivity (Wildman–Crippen MR) is 141 cm³/mol. The van der Waals surface area contributed by atoms with E-state index in [0.717, 1.165) is 36.4 Å². The molecule has 0 radical (unpaired) electrons. The Kier molecular flexibility index (Phi) is 8.92. The average Bonchev–Trinajstić information content (AvgIpc) is 2.76. The Labute approximate surface area is 238 Å². The molecule has 0 saturated carbocycles. The van der Waals surface area contributed by atoms with Crippen LogP contribution in [0.15, 0.2) is 70.3 Å². The molecule has 39 heavy (non-hydrogen) atoms. The number of hydrogen-bond acceptors (Lipinski definition) is 12. The summed E-state index contributed by atoms with van der Waals surface area (Å²) in [6, 6.07) is 5.81. The fourth-order valence-electron chi connectivity index (χ4n) is 3.07. The van der Waals surface area contributed by atoms with E-state index in [1.807, 2.05) is 0 Å². The monoisotopic (exact) mass is 752 g/mol. The number of hydrogen-bond donors (Lipinski definition) is 4. The van der Waals surface area contributed by atoms with Gasteiger partial charge in [-0.3, -0.25) is 13.7 Å². The van der Waals surface area contributed by atoms with E-state index >= 15 is 0 Å². The molecule has 3 aromatic carbocycles. The Morgan fingerprint density at radius 3 is 1.82 bits per heavy atom. The minimum atomic E-state index is -5.05. The van der Waals surface area contributed by atoms with E-state index in [-0.39, 0.29) is 30.3 Å². The van der Waals surface area contributed by atoms with Crippen molar-refractivity contribution in [3.63, 3.8) is 0 Å². The van der Waals surface area contributed by atoms with Gasteiger partial charge in [-0.05, 0) is 67.6 Å². The van der Waals surface area contributed by atoms with Crippen LogP contribution in [0, 0.1) is 0 Å². The van der Waals surface area contributed by atoms with Crippen LogP contribution in [0.1, 0.15) is 0 Å². The van der Waals surface area contributed by atoms with Gasteiger partial charge < -0.3 is 5.11 Å². The second-order valence-electron chi connectivity index (χ2n) is 7.41. The van der Waals surface area contributed by atoms with Gasteiger partial charge in [0.05, 0.1) is 22.2 Å². The van der Waals surface area contributed by atoms with Crippen molar-refractivity contribution in [2.75, 3.05) is 12.4 Å². The van der Waals surface area contributed by atoms with Gasteiger partial charge in [-0.1, -0.05) is 6.07 Å². The third kappa shape index (κ3) is 7.56. The zero-order valence-corrected chi connectivity index (χ0v) is 25.1. The van der Waals surface area contributed by atoms with Crippen LogP contribution in [0.25, 0.3) is 10.8 Å². The normalized spacial score (nSPS) is 13.4. The van der Waals surface area contributed by atoms with Crippen LogP contribution in [-0.2, 0) is 44.7 Å². The molecule has 0 aliphatic carbocycles. The molecule has 0 heterocycles. The molecule has 212 valence electrons. The first-order valence-electron chi connectivity index (χ1n) is 9.71. The van der Waals surface area contributed by atoms with Gasteiger partial charge >= 0.3 is 10.4 Å². The molecule has 0 spiro atoms. The van der Waals surface area contributed by atoms with Crippen molar-refractivity contribution in [3.05, 3.63) is 45.3 Å². The van der Waals surface area contributed by atoms with Gasteiger partial charge in [-0.2, -0.15) is 25.3 Å². The summed E-state index contributed by atoms with van der Waals surface area (Å²) in [5, 5.41) is 18.0. The maximum atomic E-state index is 12.5. The lowest BCUT2D eigenvalue weighted by Gasteiger charge is -2.10. The number of rotatable bonds is 9. The molecular formula is C18H14Br2N2O13S4. The SMILES string of the molecule is O=S(=O)(O)OCCS(=O)(=O)c1cc(Br)c(N=Nc2c(O)c(S(=O)(=O)O)cc3cc(S(=O)(=O)O)ccc23)c(Br)c1. The van der Waals surface area contributed by atoms with Gasteiger partial charge in [-0.25, -0.2) is 12.6 Å². The molecule has 0 saturated heterocycles. The van der Waals surface area contributed by atoms with E-state index in [1.54, 1.807) is 0 Å². The van der Waals surface area contributed by atoms with E-state index in [1.165, 1.54) is 0 Å². The van der Waals surface area contributed by atoms with E-state index in [0.29, 0.717) is 0 Å². The topological polar surface area (TPSA) is 251 Å². The molecule has 0 aliphatic heterocycles. The first-order valence-corrected chi connectivity index (χ1v) is 17.2. The van der Waals surface area contributed by atoms with Crippen molar-refractivity contribution in [3.8, 4) is 5.75 Å². The lowest BCUT2D eigenvalue weighted by atomic mass is 10.1. The highest BCUT2D eigenvalue weighted by atomic mass is 79.9. The number of phenols is 1. The summed E-state index contributed by atoms with van der Waals surface area (Å²) in [5.74, 6) is -1.86. The lowest BCUT2D eigenvalue weighted by Crippen LogP contribution is -2.15. The summed E-state index contributed by atoms with van der Waals surface area (Å²) in [6.07, 6.45) is 0. The minimum absolute atomic E-state index is 0.0123. The van der Waals surface area contributed by atoms with E-state index in [9.17, 15) is 47.9 Å². The third-order valence-electron chi connectivity index (χ3n) is 4.78. The van der Waals surface area contributed by atoms with E-state index in [4.69, 9.17) is 4.55 Å². The molecule has 0 atom stereocenters. The molecule has 0 unspecified atom stereocenters. The van der Waals surface area contributed by atoms with Crippen molar-refractivity contribution in [1.29, 1.82) is 0 Å². The average molecular weight is 754 g/mol. The number of fused-ring (bicyclic) bond motifs is 1. The van der Waals surface area contributed by atoms with Crippen molar-refractivity contribution in [2.45, 2.75) is 14.7 Å². The highest BCUT2D eigenvalue weighted by Gasteiger charge is 2.24. The molecule has 4 N–H and O–H groups in total. The van der Waals surface area contributed by atoms with Crippen molar-refractivity contribution in [1.82, 2.24) is 0 Å². The fraction of sp³-hybridized carbons (Fsp3) is 0.111. The second kappa shape index (κ2) is 11.1. The van der Waals surface area contributed by atoms with Crippen molar-refractivity contribution < 1.29 is 56.6 Å². The van der Waals surface area contributed by atoms with Crippen LogP contribution >= 0.6 is 31.9 Å². The number of azo groups is 1. The number of nitrogens with zero attached hydrogens (tertiary/aromatic N) is 2. The summed E-state index contributed by atoms with van der Waals surface area (Å²) in [4.78, 5) is -1.98. The van der Waals surface area contributed by atoms with Crippen LogP contribution in [0.5, 0.6) is 5.75 Å². The largest absolute Gasteiger partial charge is 0.504 e. The maximum absolute atomic E-state index is 12.5. The van der Waals surface area contributed by atoms with E-state index in [2.05, 4.69) is 46.3 Å². The molecule has 21 heteroatoms. The number of halogens is 2. The van der Waals surface area contributed by atoms with Crippen LogP contribution in [-0.4, -0.2) is 64.8 Å². The van der Waals surface area contributed by atoms with Crippen LogP contribution < -0.4 is 0 Å². The standard InChI is InChI=1S/C18H14Br2N2O13S4/c19-13-7-11(36(24,25)4-3-35-39(32,33)34)8-14(20)17(13)22-21-16-12-2-1-10(37(26,27)28)5-9(12)6-15(18(16)23)38(29,30)31/h1-2,5-8,23H,3-4H2,(H,26,27,28)(H,29,30,31)(H,32,33,34). The number of phenolic OH excluding ortho intramolecular Hbond substituents is 1. The van der Waals surface area contributed by atoms with Crippen LogP contribution in [0.4, 0.5) is 11.4 Å². The van der Waals surface area contributed by atoms with Gasteiger partial charge in [0.25, 0.3) is 20.2 Å². The quantitative estimate of drug-likeness (QED) is 0.180. The highest BCUT2D eigenvalue weighted by Crippen LogP contribution is 2.43. The summed E-state index contributed by atoms with van der Waals surface area (Å²) in [7, 11) is -18.7. The first kappa shape index (κ1) is 31.4. The zero-order valence-electron chi connectivity index (χ0n) is 18.6. The van der Waals surface area contributed by atoms with Gasteiger partial charge in [0.2, 0.25) is 0 Å². The number of aromatic hydroxyl groups is 1. The third-order valence-corrected chi connectivity index (χ3v) is 9.83. The first-order chi connectivity index (χ1) is 17.7. The molecule has 0 aliphatic rings. The highest BCUT2D eigenvalue weighted by molar-refractivity contribution is 9.11. The number of sulfone groups is 1. The fourth-order valence-corrected chi connectivity index (χ4v) is 7.39. The summed E-state index contributed by atoms with van der Waals surface area (Å²) in [5.41, 5.74) is -0.595. The Bertz CT molecular complexity index is 1940. The molecular weight excluding hydrogens is 740 g/mol. The minimum Gasteiger partial charge on any atom is -0.504 e. The van der Waals surface area contributed by atoms with Gasteiger partial charge in [0.15, 0.2) is 15.6 Å². The van der Waals surface area contributed by atoms with Crippen LogP contribution in [0.2, 0.25) is 0 Å². The van der Waals surface area contributed by atoms with Gasteiger partial charge in [-0.15, -0.1) is 10.2 Å². The summed E-state index contributed by atoms with van der Waals surface area (Å²) >= 11 is 6.20. The molecule has 0 fully saturated rings. The van der Waals surface area contributed by atoms with Gasteiger partial charge in [0.1, 0.15) is 16.3 Å². The smallest absolute Gasteiger partial charge is 0.397 e. The molecule has 0 amide bonds. The lowest BCUT2D eigenvalue weighted by molar-refractivity contribution is 0.284. The van der Waals surface area contributed by atoms with Crippen molar-refractivity contribution in [2.24, 2.45) is 10.2 Å². The Balaban J connectivity index is 2.12. The summed E-state index contributed by atoms with van der Waals surface area (Å²) < 4.78 is 124. The van der Waals surface area contributed by atoms with Crippen molar-refractivity contribution >= 4 is 94.5 Å². The molecule has 3 aromatic rings. The Morgan fingerprint density at radius 1 is 0.744 bits per heavy atom. The van der Waals surface area contributed by atoms with Crippen LogP contribution in [0.3, 0.4) is 0 Å². The molecule has 3 rings (SSSR count). The maximum Gasteiger partial charge on any atom is 0.397 e. The summed E-state index contributed by atoms with van der Waals surface area (Å²) in [6.45, 7) is -0.867. The molecule has 0 aromatic heterocycles. The molecule has 15 nitrogen and oxygen atoms in total.